The third kappa shape index (κ3) is 4.24. The number of sulfonamides is 1. The Morgan fingerprint density at radius 2 is 2.00 bits per heavy atom. The molecule has 0 spiro atoms. The summed E-state index contributed by atoms with van der Waals surface area (Å²) in [5, 5.41) is 19.3. The van der Waals surface area contributed by atoms with E-state index in [4.69, 9.17) is 33.2 Å². The van der Waals surface area contributed by atoms with Crippen molar-refractivity contribution in [3.63, 3.8) is 0 Å². The number of aliphatic hydroxyl groups excluding tert-OH is 1. The summed E-state index contributed by atoms with van der Waals surface area (Å²) in [5.41, 5.74) is -0.106. The molecule has 1 heterocycles. The number of benzene rings is 2. The van der Waals surface area contributed by atoms with E-state index in [-0.39, 0.29) is 40.9 Å². The highest BCUT2D eigenvalue weighted by Crippen LogP contribution is 2.31. The zero-order valence-corrected chi connectivity index (χ0v) is 16.7. The maximum Gasteiger partial charge on any atom is 0.244 e. The fraction of sp³-hybridized carbons (Fsp3) is 0.278. The molecule has 2 aromatic carbocycles. The Morgan fingerprint density at radius 3 is 2.64 bits per heavy atom. The van der Waals surface area contributed by atoms with Gasteiger partial charge in [0, 0.05) is 30.1 Å². The molecule has 3 rings (SSSR count). The number of hydrogen-bond donors (Lipinski definition) is 1. The summed E-state index contributed by atoms with van der Waals surface area (Å²) >= 11 is 11.8. The second kappa shape index (κ2) is 8.23. The molecule has 0 aliphatic carbocycles. The zero-order chi connectivity index (χ0) is 20.5. The minimum atomic E-state index is -3.92. The van der Waals surface area contributed by atoms with Crippen LogP contribution in [0.1, 0.15) is 5.56 Å². The van der Waals surface area contributed by atoms with Gasteiger partial charge in [-0.05, 0) is 30.3 Å². The first-order chi connectivity index (χ1) is 13.2. The van der Waals surface area contributed by atoms with Gasteiger partial charge in [0.25, 0.3) is 0 Å². The summed E-state index contributed by atoms with van der Waals surface area (Å²) in [7, 11) is -3.92. The van der Waals surface area contributed by atoms with Crippen LogP contribution in [0.2, 0.25) is 10.0 Å². The van der Waals surface area contributed by atoms with Crippen LogP contribution < -0.4 is 4.74 Å². The average Bonchev–Trinajstić information content (AvgIpc) is 3.01. The molecule has 0 bridgehead atoms. The first-order valence-electron chi connectivity index (χ1n) is 8.18. The van der Waals surface area contributed by atoms with Gasteiger partial charge < -0.3 is 9.84 Å². The lowest BCUT2D eigenvalue weighted by atomic mass is 10.1. The van der Waals surface area contributed by atoms with Crippen LogP contribution in [0.25, 0.3) is 0 Å². The summed E-state index contributed by atoms with van der Waals surface area (Å²) in [6.07, 6.45) is -0.955. The number of β-amino-alcohol motifs (C(OH)–C–C–N with tert-alkyl or cyclic N) is 1. The molecule has 2 atom stereocenters. The Morgan fingerprint density at radius 1 is 1.25 bits per heavy atom. The number of nitriles is 1. The Hall–Kier alpha value is -1.89. The molecule has 0 unspecified atom stereocenters. The number of ether oxygens (including phenoxy) is 1. The molecule has 10 heteroatoms. The van der Waals surface area contributed by atoms with Gasteiger partial charge >= 0.3 is 0 Å². The third-order valence-corrected chi connectivity index (χ3v) is 6.96. The monoisotopic (exact) mass is 444 g/mol. The van der Waals surface area contributed by atoms with Gasteiger partial charge in [0.05, 0.1) is 23.3 Å². The molecule has 1 saturated heterocycles. The Bertz CT molecular complexity index is 1040. The van der Waals surface area contributed by atoms with Crippen molar-refractivity contribution in [2.45, 2.75) is 11.0 Å². The van der Waals surface area contributed by atoms with Crippen LogP contribution in [0, 0.1) is 23.1 Å². The third-order valence-electron chi connectivity index (χ3n) is 4.41. The van der Waals surface area contributed by atoms with Crippen LogP contribution in [0.5, 0.6) is 5.75 Å². The lowest BCUT2D eigenvalue weighted by molar-refractivity contribution is 0.111. The van der Waals surface area contributed by atoms with Gasteiger partial charge in [-0.1, -0.05) is 23.2 Å². The molecule has 2 aromatic rings. The summed E-state index contributed by atoms with van der Waals surface area (Å²) in [6.45, 7) is -0.120. The molecule has 0 saturated carbocycles. The van der Waals surface area contributed by atoms with Crippen molar-refractivity contribution in [3.8, 4) is 11.8 Å². The van der Waals surface area contributed by atoms with Crippen molar-refractivity contribution in [2.75, 3.05) is 19.7 Å². The Labute approximate surface area is 171 Å². The van der Waals surface area contributed by atoms with Crippen molar-refractivity contribution in [1.29, 1.82) is 5.26 Å². The van der Waals surface area contributed by atoms with Gasteiger partial charge in [-0.15, -0.1) is 0 Å². The van der Waals surface area contributed by atoms with Gasteiger partial charge in [0.2, 0.25) is 10.0 Å². The second-order valence-electron chi connectivity index (χ2n) is 6.29. The fourth-order valence-corrected chi connectivity index (χ4v) is 5.14. The van der Waals surface area contributed by atoms with E-state index in [1.165, 1.54) is 30.3 Å². The lowest BCUT2D eigenvalue weighted by Gasteiger charge is -2.17. The molecule has 0 radical (unpaired) electrons. The smallest absolute Gasteiger partial charge is 0.244 e. The van der Waals surface area contributed by atoms with Crippen LogP contribution in [0.15, 0.2) is 41.3 Å². The highest BCUT2D eigenvalue weighted by molar-refractivity contribution is 7.89. The molecule has 0 amide bonds. The molecule has 1 fully saturated rings. The lowest BCUT2D eigenvalue weighted by Crippen LogP contribution is -2.30. The number of aliphatic hydroxyl groups is 1. The van der Waals surface area contributed by atoms with Crippen LogP contribution >= 0.6 is 23.2 Å². The van der Waals surface area contributed by atoms with Crippen molar-refractivity contribution in [2.24, 2.45) is 5.92 Å². The number of nitrogens with zero attached hydrogens (tertiary/aromatic N) is 2. The molecule has 6 nitrogen and oxygen atoms in total. The van der Waals surface area contributed by atoms with E-state index in [1.807, 2.05) is 0 Å². The van der Waals surface area contributed by atoms with E-state index in [9.17, 15) is 17.9 Å². The van der Waals surface area contributed by atoms with Gasteiger partial charge in [0.1, 0.15) is 22.5 Å². The number of halogens is 3. The second-order valence-corrected chi connectivity index (χ2v) is 9.04. The van der Waals surface area contributed by atoms with Gasteiger partial charge in [0.15, 0.2) is 0 Å². The van der Waals surface area contributed by atoms with E-state index in [0.717, 1.165) is 10.4 Å². The standard InChI is InChI=1S/C18H15Cl2FN2O4S/c19-13-2-4-18(15(20)5-13)28(25,26)23-8-12(17(24)9-23)10-27-14-3-1-11(7-22)16(21)6-14/h1-6,12,17,24H,8-10H2/t12-,17+/m0/s1. The van der Waals surface area contributed by atoms with E-state index < -0.39 is 27.9 Å². The van der Waals surface area contributed by atoms with Crippen LogP contribution in [-0.2, 0) is 10.0 Å². The minimum absolute atomic E-state index is 0.00486. The molecule has 1 N–H and O–H groups in total. The molecular weight excluding hydrogens is 430 g/mol. The summed E-state index contributed by atoms with van der Waals surface area (Å²) in [4.78, 5) is -0.0958. The molecule has 1 aliphatic rings. The molecular formula is C18H15Cl2FN2O4S. The quantitative estimate of drug-likeness (QED) is 0.764. The van der Waals surface area contributed by atoms with Crippen LogP contribution in [0.3, 0.4) is 0 Å². The largest absolute Gasteiger partial charge is 0.493 e. The minimum Gasteiger partial charge on any atom is -0.493 e. The summed E-state index contributed by atoms with van der Waals surface area (Å²) < 4.78 is 45.9. The van der Waals surface area contributed by atoms with Crippen molar-refractivity contribution in [1.82, 2.24) is 4.31 Å². The normalized spacial score (nSPS) is 20.1. The summed E-state index contributed by atoms with van der Waals surface area (Å²) in [5.74, 6) is -1.04. The fourth-order valence-electron chi connectivity index (χ4n) is 2.88. The highest BCUT2D eigenvalue weighted by atomic mass is 35.5. The Kier molecular flexibility index (Phi) is 6.12. The van der Waals surface area contributed by atoms with E-state index >= 15 is 0 Å². The van der Waals surface area contributed by atoms with Crippen LogP contribution in [0.4, 0.5) is 4.39 Å². The van der Waals surface area contributed by atoms with Crippen LogP contribution in [-0.4, -0.2) is 43.6 Å². The SMILES string of the molecule is N#Cc1ccc(OC[C@@H]2CN(S(=O)(=O)c3ccc(Cl)cc3Cl)C[C@H]2O)cc1F. The number of rotatable bonds is 5. The van der Waals surface area contributed by atoms with Gasteiger partial charge in [-0.2, -0.15) is 9.57 Å². The van der Waals surface area contributed by atoms with Crippen molar-refractivity contribution in [3.05, 3.63) is 57.8 Å². The van der Waals surface area contributed by atoms with Crippen molar-refractivity contribution >= 4 is 33.2 Å². The predicted molar refractivity (Wildman–Crippen MR) is 101 cm³/mol. The van der Waals surface area contributed by atoms with E-state index in [1.54, 1.807) is 6.07 Å². The average molecular weight is 445 g/mol. The van der Waals surface area contributed by atoms with Gasteiger partial charge in [-0.25, -0.2) is 12.8 Å². The predicted octanol–water partition coefficient (Wildman–Crippen LogP) is 3.06. The Balaban J connectivity index is 1.70. The first-order valence-corrected chi connectivity index (χ1v) is 10.4. The highest BCUT2D eigenvalue weighted by Gasteiger charge is 2.39. The van der Waals surface area contributed by atoms with Crippen molar-refractivity contribution < 1.29 is 22.7 Å². The molecule has 28 heavy (non-hydrogen) atoms. The van der Waals surface area contributed by atoms with E-state index in [0.29, 0.717) is 5.02 Å². The maximum absolute atomic E-state index is 13.6. The van der Waals surface area contributed by atoms with Gasteiger partial charge in [-0.3, -0.25) is 0 Å². The topological polar surface area (TPSA) is 90.6 Å². The molecule has 0 aromatic heterocycles. The molecule has 148 valence electrons. The zero-order valence-electron chi connectivity index (χ0n) is 14.3. The maximum atomic E-state index is 13.6. The number of hydrogen-bond acceptors (Lipinski definition) is 5. The van der Waals surface area contributed by atoms with E-state index in [2.05, 4.69) is 0 Å². The first kappa shape index (κ1) is 20.8. The summed E-state index contributed by atoms with van der Waals surface area (Å²) in [6, 6.07) is 9.58. The molecule has 1 aliphatic heterocycles.